The maximum atomic E-state index is 12.0. The molecule has 1 aromatic rings. The van der Waals surface area contributed by atoms with Gasteiger partial charge in [0.05, 0.1) is 0 Å². The molecule has 2 N–H and O–H groups in total. The second kappa shape index (κ2) is 7.44. The van der Waals surface area contributed by atoms with Gasteiger partial charge in [0, 0.05) is 0 Å². The smallest absolute Gasteiger partial charge is 0.323 e. The lowest BCUT2D eigenvalue weighted by Crippen LogP contribution is -2.36. The fraction of sp³-hybridized carbons (Fsp3) is 0.588. The Bertz CT molecular complexity index is 418. The average molecular weight is 275 g/mol. The molecule has 0 aliphatic heterocycles. The van der Waals surface area contributed by atoms with Crippen molar-refractivity contribution >= 4 is 5.97 Å². The van der Waals surface area contributed by atoms with Crippen LogP contribution in [-0.4, -0.2) is 18.1 Å². The highest BCUT2D eigenvalue weighted by Crippen LogP contribution is 2.26. The maximum Gasteiger partial charge on any atom is 0.323 e. The van der Waals surface area contributed by atoms with E-state index in [-0.39, 0.29) is 12.1 Å². The maximum absolute atomic E-state index is 12.0. The number of hydrogen-bond acceptors (Lipinski definition) is 3. The van der Waals surface area contributed by atoms with Crippen LogP contribution < -0.4 is 5.73 Å². The Morgan fingerprint density at radius 1 is 1.35 bits per heavy atom. The van der Waals surface area contributed by atoms with Gasteiger partial charge in [-0.25, -0.2) is 0 Å². The third-order valence-electron chi connectivity index (χ3n) is 4.06. The fourth-order valence-corrected chi connectivity index (χ4v) is 2.82. The molecule has 0 aromatic heterocycles. The van der Waals surface area contributed by atoms with Crippen LogP contribution in [-0.2, 0) is 16.0 Å². The summed E-state index contributed by atoms with van der Waals surface area (Å²) in [6.45, 7) is 2.22. The highest BCUT2D eigenvalue weighted by atomic mass is 16.5. The summed E-state index contributed by atoms with van der Waals surface area (Å²) in [7, 11) is 0. The van der Waals surface area contributed by atoms with Crippen LogP contribution in [0.25, 0.3) is 0 Å². The van der Waals surface area contributed by atoms with E-state index >= 15 is 0 Å². The average Bonchev–Trinajstić information content (AvgIpc) is 2.46. The van der Waals surface area contributed by atoms with Gasteiger partial charge in [0.25, 0.3) is 0 Å². The van der Waals surface area contributed by atoms with Crippen molar-refractivity contribution in [1.82, 2.24) is 0 Å². The minimum atomic E-state index is -0.507. The molecule has 20 heavy (non-hydrogen) atoms. The van der Waals surface area contributed by atoms with Crippen LogP contribution in [0.3, 0.4) is 0 Å². The quantitative estimate of drug-likeness (QED) is 0.840. The van der Waals surface area contributed by atoms with Gasteiger partial charge in [0.2, 0.25) is 0 Å². The molecule has 1 aliphatic rings. The summed E-state index contributed by atoms with van der Waals surface area (Å²) in [6.07, 6.45) is 5.91. The number of carbonyl (C=O) groups is 1. The first-order valence-corrected chi connectivity index (χ1v) is 7.65. The molecule has 3 heteroatoms. The molecule has 0 bridgehead atoms. The minimum Gasteiger partial charge on any atom is -0.461 e. The van der Waals surface area contributed by atoms with Gasteiger partial charge in [-0.1, -0.05) is 43.7 Å². The van der Waals surface area contributed by atoms with E-state index in [1.54, 1.807) is 0 Å². The van der Waals surface area contributed by atoms with Gasteiger partial charge in [-0.3, -0.25) is 4.79 Å². The van der Waals surface area contributed by atoms with Crippen LogP contribution in [0.1, 0.15) is 44.6 Å². The lowest BCUT2D eigenvalue weighted by molar-refractivity contribution is -0.152. The molecule has 1 fully saturated rings. The highest BCUT2D eigenvalue weighted by molar-refractivity contribution is 5.75. The molecule has 1 aliphatic carbocycles. The van der Waals surface area contributed by atoms with E-state index in [2.05, 4.69) is 19.1 Å². The Balaban J connectivity index is 1.74. The van der Waals surface area contributed by atoms with Crippen LogP contribution in [0.5, 0.6) is 0 Å². The van der Waals surface area contributed by atoms with Gasteiger partial charge in [0.15, 0.2) is 0 Å². The van der Waals surface area contributed by atoms with Crippen molar-refractivity contribution in [2.24, 2.45) is 11.7 Å². The van der Waals surface area contributed by atoms with Crippen molar-refractivity contribution in [1.29, 1.82) is 0 Å². The summed E-state index contributed by atoms with van der Waals surface area (Å²) in [5.74, 6) is 0.419. The fourth-order valence-electron chi connectivity index (χ4n) is 2.82. The number of rotatable bonds is 5. The third-order valence-corrected chi connectivity index (χ3v) is 4.06. The van der Waals surface area contributed by atoms with Crippen LogP contribution in [0, 0.1) is 5.92 Å². The molecular formula is C17H25NO2. The Kier molecular flexibility index (Phi) is 5.60. The number of benzene rings is 1. The van der Waals surface area contributed by atoms with E-state index in [0.717, 1.165) is 25.7 Å². The predicted octanol–water partition coefficient (Wildman–Crippen LogP) is 3.07. The topological polar surface area (TPSA) is 52.3 Å². The van der Waals surface area contributed by atoms with E-state index in [9.17, 15) is 4.79 Å². The number of ether oxygens (including phenoxy) is 1. The van der Waals surface area contributed by atoms with E-state index in [0.29, 0.717) is 12.3 Å². The van der Waals surface area contributed by atoms with Gasteiger partial charge in [0.1, 0.15) is 12.1 Å². The van der Waals surface area contributed by atoms with Gasteiger partial charge in [-0.15, -0.1) is 0 Å². The van der Waals surface area contributed by atoms with E-state index in [1.807, 2.05) is 18.2 Å². The van der Waals surface area contributed by atoms with Crippen LogP contribution in [0.15, 0.2) is 30.3 Å². The number of aryl methyl sites for hydroxylation is 1. The van der Waals surface area contributed by atoms with Gasteiger partial charge in [-0.2, -0.15) is 0 Å². The summed E-state index contributed by atoms with van der Waals surface area (Å²) >= 11 is 0. The summed E-state index contributed by atoms with van der Waals surface area (Å²) in [5.41, 5.74) is 7.15. The molecule has 0 amide bonds. The first kappa shape index (κ1) is 15.0. The summed E-state index contributed by atoms with van der Waals surface area (Å²) in [6, 6.07) is 9.60. The predicted molar refractivity (Wildman–Crippen MR) is 80.3 cm³/mol. The summed E-state index contributed by atoms with van der Waals surface area (Å²) in [4.78, 5) is 12.0. The Hall–Kier alpha value is -1.35. The van der Waals surface area contributed by atoms with Gasteiger partial charge < -0.3 is 10.5 Å². The molecule has 2 rings (SSSR count). The molecule has 0 spiro atoms. The summed E-state index contributed by atoms with van der Waals surface area (Å²) < 4.78 is 5.55. The van der Waals surface area contributed by atoms with Gasteiger partial charge in [-0.05, 0) is 43.6 Å². The second-order valence-corrected chi connectivity index (χ2v) is 5.96. The molecule has 110 valence electrons. The van der Waals surface area contributed by atoms with Crippen molar-refractivity contribution < 1.29 is 9.53 Å². The van der Waals surface area contributed by atoms with Crippen molar-refractivity contribution in [3.05, 3.63) is 35.9 Å². The molecular weight excluding hydrogens is 250 g/mol. The van der Waals surface area contributed by atoms with Crippen LogP contribution >= 0.6 is 0 Å². The van der Waals surface area contributed by atoms with Crippen LogP contribution in [0.4, 0.5) is 0 Å². The first-order chi connectivity index (χ1) is 9.65. The molecule has 3 atom stereocenters. The van der Waals surface area contributed by atoms with E-state index in [1.165, 1.54) is 12.0 Å². The molecule has 0 heterocycles. The number of nitrogens with two attached hydrogens (primary N) is 1. The summed E-state index contributed by atoms with van der Waals surface area (Å²) in [5, 5.41) is 0. The normalized spacial score (nSPS) is 24.1. The Morgan fingerprint density at radius 3 is 2.80 bits per heavy atom. The SMILES string of the molecule is CC1CCCC(OC(=O)C(N)CCc2ccccc2)C1. The molecule has 3 nitrogen and oxygen atoms in total. The largest absolute Gasteiger partial charge is 0.461 e. The molecule has 0 saturated heterocycles. The lowest BCUT2D eigenvalue weighted by atomic mass is 9.88. The molecule has 1 aromatic carbocycles. The monoisotopic (exact) mass is 275 g/mol. The van der Waals surface area contributed by atoms with Crippen molar-refractivity contribution in [3.8, 4) is 0 Å². The van der Waals surface area contributed by atoms with Gasteiger partial charge >= 0.3 is 5.97 Å². The molecule has 1 saturated carbocycles. The molecule has 3 unspecified atom stereocenters. The minimum absolute atomic E-state index is 0.0778. The Morgan fingerprint density at radius 2 is 2.10 bits per heavy atom. The highest BCUT2D eigenvalue weighted by Gasteiger charge is 2.24. The molecule has 0 radical (unpaired) electrons. The lowest BCUT2D eigenvalue weighted by Gasteiger charge is -2.27. The van der Waals surface area contributed by atoms with Crippen LogP contribution in [0.2, 0.25) is 0 Å². The zero-order chi connectivity index (χ0) is 14.4. The number of hydrogen-bond donors (Lipinski definition) is 1. The first-order valence-electron chi connectivity index (χ1n) is 7.65. The van der Waals surface area contributed by atoms with Crippen molar-refractivity contribution in [2.75, 3.05) is 0 Å². The van der Waals surface area contributed by atoms with E-state index in [4.69, 9.17) is 10.5 Å². The second-order valence-electron chi connectivity index (χ2n) is 5.96. The number of carbonyl (C=O) groups excluding carboxylic acids is 1. The zero-order valence-electron chi connectivity index (χ0n) is 12.3. The zero-order valence-corrected chi connectivity index (χ0v) is 12.3. The van der Waals surface area contributed by atoms with Crippen molar-refractivity contribution in [3.63, 3.8) is 0 Å². The Labute approximate surface area is 121 Å². The standard InChI is InChI=1S/C17H25NO2/c1-13-6-5-9-15(12-13)20-17(19)16(18)11-10-14-7-3-2-4-8-14/h2-4,7-8,13,15-16H,5-6,9-12,18H2,1H3. The third kappa shape index (κ3) is 4.64. The van der Waals surface area contributed by atoms with Crippen molar-refractivity contribution in [2.45, 2.75) is 57.6 Å². The number of esters is 1. The van der Waals surface area contributed by atoms with E-state index < -0.39 is 6.04 Å².